The van der Waals surface area contributed by atoms with E-state index >= 15 is 0 Å². The smallest absolute Gasteiger partial charge is 0.252 e. The van der Waals surface area contributed by atoms with Gasteiger partial charge in [-0.05, 0) is 113 Å². The Morgan fingerprint density at radius 3 is 1.98 bits per heavy atom. The van der Waals surface area contributed by atoms with E-state index in [2.05, 4.69) is 103 Å². The summed E-state index contributed by atoms with van der Waals surface area (Å²) in [4.78, 5) is 4.51. The molecule has 0 radical (unpaired) electrons. The highest BCUT2D eigenvalue weighted by Crippen LogP contribution is 2.48. The van der Waals surface area contributed by atoms with Crippen LogP contribution in [0, 0.1) is 11.6 Å². The summed E-state index contributed by atoms with van der Waals surface area (Å²) in [5, 5.41) is 3.40. The van der Waals surface area contributed by atoms with Gasteiger partial charge < -0.3 is 18.8 Å². The lowest BCUT2D eigenvalue weighted by Crippen LogP contribution is -2.61. The molecule has 0 atom stereocenters. The third kappa shape index (κ3) is 4.12. The molecule has 4 heterocycles. The lowest BCUT2D eigenvalue weighted by atomic mass is 9.33. The van der Waals surface area contributed by atoms with E-state index < -0.39 is 0 Å². The summed E-state index contributed by atoms with van der Waals surface area (Å²) < 4.78 is 37.4. The Hall–Kier alpha value is -5.82. The molecule has 4 nitrogen and oxygen atoms in total. The van der Waals surface area contributed by atoms with Gasteiger partial charge in [-0.2, -0.15) is 0 Å². The van der Waals surface area contributed by atoms with Crippen LogP contribution < -0.4 is 26.2 Å². The van der Waals surface area contributed by atoms with E-state index in [1.54, 1.807) is 6.26 Å². The summed E-state index contributed by atoms with van der Waals surface area (Å²) in [5.41, 5.74) is 13.5. The van der Waals surface area contributed by atoms with E-state index in [1.807, 2.05) is 30.3 Å². The quantitative estimate of drug-likeness (QED) is 0.174. The molecule has 10 rings (SSSR count). The van der Waals surface area contributed by atoms with Crippen molar-refractivity contribution < 1.29 is 13.2 Å². The molecular weight excluding hydrogens is 635 g/mol. The molecule has 0 amide bonds. The van der Waals surface area contributed by atoms with Crippen molar-refractivity contribution in [2.45, 2.75) is 32.6 Å². The van der Waals surface area contributed by atoms with Crippen LogP contribution in [0.1, 0.15) is 32.8 Å². The van der Waals surface area contributed by atoms with Crippen LogP contribution in [0.15, 0.2) is 126 Å². The summed E-state index contributed by atoms with van der Waals surface area (Å²) in [5.74, 6) is -0.572. The molecule has 6 aromatic carbocycles. The Bertz CT molecular complexity index is 2710. The first-order valence-corrected chi connectivity index (χ1v) is 17.5. The average Bonchev–Trinajstić information content (AvgIpc) is 3.75. The Balaban J connectivity index is 1.34. The van der Waals surface area contributed by atoms with Gasteiger partial charge in [0.1, 0.15) is 11.6 Å². The molecule has 0 N–H and O–H groups in total. The van der Waals surface area contributed by atoms with Gasteiger partial charge in [0.2, 0.25) is 0 Å². The summed E-state index contributed by atoms with van der Waals surface area (Å²) in [6.45, 7) is 6.71. The molecule has 8 aromatic rings. The Kier molecular flexibility index (Phi) is 6.24. The molecule has 0 saturated carbocycles. The number of anilines is 6. The zero-order valence-electron chi connectivity index (χ0n) is 28.8. The number of furan rings is 1. The Labute approximate surface area is 295 Å². The third-order valence-electron chi connectivity index (χ3n) is 11.5. The maximum atomic E-state index is 14.5. The van der Waals surface area contributed by atoms with E-state index in [9.17, 15) is 8.78 Å². The molecule has 0 saturated heterocycles. The standard InChI is InChI=1S/C44H34BF2N3O/c1-5-44(2,3)27-10-22-36-33(25-27)32-19-21-34-41(40(32)48(36)4)49(30-15-11-28(46)12-16-30)37-7-6-8-38-39(37)45(34)35-20-9-26-23-24-51-43(26)42(35)50(38)31-17-13-29(47)14-18-31/h6-25H,5H2,1-4H3. The SMILES string of the molecule is CCC(C)(C)c1ccc2c(c1)c1ccc3c(c1n2C)N(c1ccc(F)cc1)c1cccc2c1B3c1ccc3ccoc3c1N2c1ccc(F)cc1. The number of benzene rings is 6. The summed E-state index contributed by atoms with van der Waals surface area (Å²) in [6, 6.07) is 37.6. The number of nitrogens with zero attached hydrogens (tertiary/aromatic N) is 3. The van der Waals surface area contributed by atoms with E-state index in [1.165, 1.54) is 40.6 Å². The zero-order chi connectivity index (χ0) is 34.8. The monoisotopic (exact) mass is 669 g/mol. The van der Waals surface area contributed by atoms with Crippen LogP contribution in [-0.2, 0) is 12.5 Å². The van der Waals surface area contributed by atoms with Gasteiger partial charge in [-0.15, -0.1) is 0 Å². The number of aryl methyl sites for hydroxylation is 1. The predicted octanol–water partition coefficient (Wildman–Crippen LogP) is 10.1. The van der Waals surface area contributed by atoms with Crippen molar-refractivity contribution in [3.8, 4) is 0 Å². The van der Waals surface area contributed by atoms with Crippen molar-refractivity contribution in [1.82, 2.24) is 4.57 Å². The van der Waals surface area contributed by atoms with Gasteiger partial charge in [0.05, 0.1) is 23.2 Å². The molecule has 0 aliphatic carbocycles. The second kappa shape index (κ2) is 10.6. The molecule has 0 spiro atoms. The summed E-state index contributed by atoms with van der Waals surface area (Å²) in [7, 11) is 2.15. The van der Waals surface area contributed by atoms with Gasteiger partial charge in [0.15, 0.2) is 5.58 Å². The highest BCUT2D eigenvalue weighted by Gasteiger charge is 2.45. The van der Waals surface area contributed by atoms with Gasteiger partial charge in [-0.25, -0.2) is 8.78 Å². The van der Waals surface area contributed by atoms with E-state index in [0.717, 1.165) is 78.9 Å². The first-order chi connectivity index (χ1) is 24.7. The fourth-order valence-corrected chi connectivity index (χ4v) is 8.57. The number of aromatic nitrogens is 1. The van der Waals surface area contributed by atoms with Crippen LogP contribution in [-0.4, -0.2) is 11.3 Å². The third-order valence-corrected chi connectivity index (χ3v) is 11.5. The van der Waals surface area contributed by atoms with Gasteiger partial charge in [0, 0.05) is 51.5 Å². The fourth-order valence-electron chi connectivity index (χ4n) is 8.57. The normalized spacial score (nSPS) is 13.6. The van der Waals surface area contributed by atoms with Crippen molar-refractivity contribution in [1.29, 1.82) is 0 Å². The average molecular weight is 670 g/mol. The maximum Gasteiger partial charge on any atom is 0.252 e. The van der Waals surface area contributed by atoms with Crippen LogP contribution in [0.4, 0.5) is 42.9 Å². The first kappa shape index (κ1) is 30.0. The van der Waals surface area contributed by atoms with Crippen molar-refractivity contribution in [2.75, 3.05) is 9.80 Å². The fraction of sp³-hybridized carbons (Fsp3) is 0.136. The molecule has 2 aliphatic rings. The largest absolute Gasteiger partial charge is 0.462 e. The zero-order valence-corrected chi connectivity index (χ0v) is 28.8. The van der Waals surface area contributed by atoms with Crippen LogP contribution in [0.25, 0.3) is 32.8 Å². The number of rotatable bonds is 4. The van der Waals surface area contributed by atoms with Crippen LogP contribution >= 0.6 is 0 Å². The number of fused-ring (bicyclic) bond motifs is 10. The Morgan fingerprint density at radius 2 is 1.31 bits per heavy atom. The van der Waals surface area contributed by atoms with Gasteiger partial charge in [-0.3, -0.25) is 0 Å². The minimum Gasteiger partial charge on any atom is -0.462 e. The summed E-state index contributed by atoms with van der Waals surface area (Å²) in [6.07, 6.45) is 2.77. The molecule has 2 aromatic heterocycles. The van der Waals surface area contributed by atoms with Crippen molar-refractivity contribution in [3.05, 3.63) is 139 Å². The highest BCUT2D eigenvalue weighted by molar-refractivity contribution is 7.00. The van der Waals surface area contributed by atoms with Crippen LogP contribution in [0.5, 0.6) is 0 Å². The van der Waals surface area contributed by atoms with Gasteiger partial charge in [0.25, 0.3) is 6.71 Å². The molecule has 2 aliphatic heterocycles. The van der Waals surface area contributed by atoms with Crippen LogP contribution in [0.3, 0.4) is 0 Å². The molecule has 51 heavy (non-hydrogen) atoms. The van der Waals surface area contributed by atoms with Crippen LogP contribution in [0.2, 0.25) is 0 Å². The van der Waals surface area contributed by atoms with E-state index in [4.69, 9.17) is 4.42 Å². The second-order valence-electron chi connectivity index (χ2n) is 14.5. The lowest BCUT2D eigenvalue weighted by Gasteiger charge is -2.44. The molecular formula is C44H34BF2N3O. The summed E-state index contributed by atoms with van der Waals surface area (Å²) >= 11 is 0. The van der Waals surface area contributed by atoms with Gasteiger partial charge >= 0.3 is 0 Å². The number of halogens is 2. The molecule has 248 valence electrons. The van der Waals surface area contributed by atoms with E-state index in [-0.39, 0.29) is 23.8 Å². The number of hydrogen-bond acceptors (Lipinski definition) is 3. The molecule has 0 unspecified atom stereocenters. The number of hydrogen-bond donors (Lipinski definition) is 0. The van der Waals surface area contributed by atoms with E-state index in [0.29, 0.717) is 0 Å². The minimum atomic E-state index is -0.291. The maximum absolute atomic E-state index is 14.5. The second-order valence-corrected chi connectivity index (χ2v) is 14.5. The van der Waals surface area contributed by atoms with Crippen molar-refractivity contribution in [2.24, 2.45) is 7.05 Å². The Morgan fingerprint density at radius 1 is 0.686 bits per heavy atom. The molecule has 0 bridgehead atoms. The van der Waals surface area contributed by atoms with Crippen molar-refractivity contribution >= 4 is 90.0 Å². The predicted molar refractivity (Wildman–Crippen MR) is 207 cm³/mol. The highest BCUT2D eigenvalue weighted by atomic mass is 19.1. The topological polar surface area (TPSA) is 24.6 Å². The minimum absolute atomic E-state index is 0.0411. The van der Waals surface area contributed by atoms with Crippen molar-refractivity contribution in [3.63, 3.8) is 0 Å². The van der Waals surface area contributed by atoms with Gasteiger partial charge in [-0.1, -0.05) is 57.2 Å². The lowest BCUT2D eigenvalue weighted by molar-refractivity contribution is 0.507. The molecule has 0 fully saturated rings. The first-order valence-electron chi connectivity index (χ1n) is 17.5. The molecule has 7 heteroatoms.